The van der Waals surface area contributed by atoms with E-state index >= 15 is 0 Å². The van der Waals surface area contributed by atoms with Crippen molar-refractivity contribution >= 4 is 5.91 Å². The molecule has 1 aromatic rings. The quantitative estimate of drug-likeness (QED) is 0.763. The van der Waals surface area contributed by atoms with Crippen LogP contribution in [-0.2, 0) is 6.42 Å². The Morgan fingerprint density at radius 3 is 2.53 bits per heavy atom. The second-order valence-corrected chi connectivity index (χ2v) is 3.99. The first-order valence-corrected chi connectivity index (χ1v) is 5.77. The zero-order valence-corrected chi connectivity index (χ0v) is 10.4. The highest BCUT2D eigenvalue weighted by atomic mass is 16.3. The van der Waals surface area contributed by atoms with Gasteiger partial charge in [-0.1, -0.05) is 23.8 Å². The first-order chi connectivity index (χ1) is 8.17. The van der Waals surface area contributed by atoms with E-state index in [1.165, 1.54) is 11.1 Å². The number of allylic oxidation sites excluding steroid dienone is 2. The molecule has 3 nitrogen and oxygen atoms in total. The van der Waals surface area contributed by atoms with Gasteiger partial charge in [0.15, 0.2) is 0 Å². The van der Waals surface area contributed by atoms with Gasteiger partial charge in [0.2, 0.25) is 0 Å². The van der Waals surface area contributed by atoms with Crippen LogP contribution >= 0.6 is 0 Å². The second kappa shape index (κ2) is 6.86. The van der Waals surface area contributed by atoms with Crippen LogP contribution in [0.25, 0.3) is 0 Å². The first kappa shape index (κ1) is 13.5. The molecule has 3 heteroatoms. The highest BCUT2D eigenvalue weighted by Crippen LogP contribution is 2.09. The second-order valence-electron chi connectivity index (χ2n) is 3.99. The molecule has 0 bridgehead atoms. The Morgan fingerprint density at radius 1 is 1.35 bits per heavy atom. The molecule has 0 saturated carbocycles. The van der Waals surface area contributed by atoms with Gasteiger partial charge in [-0.15, -0.1) is 0 Å². The van der Waals surface area contributed by atoms with Crippen LogP contribution in [0.1, 0.15) is 29.8 Å². The highest BCUT2D eigenvalue weighted by Gasteiger charge is 2.04. The predicted octanol–water partition coefficient (Wildman–Crippen LogP) is 1.92. The van der Waals surface area contributed by atoms with Gasteiger partial charge in [-0.3, -0.25) is 4.79 Å². The van der Waals surface area contributed by atoms with Gasteiger partial charge in [0.05, 0.1) is 6.61 Å². The summed E-state index contributed by atoms with van der Waals surface area (Å²) in [6, 6.07) is 7.54. The van der Waals surface area contributed by atoms with Crippen LogP contribution < -0.4 is 5.32 Å². The van der Waals surface area contributed by atoms with E-state index in [2.05, 4.69) is 18.3 Å². The van der Waals surface area contributed by atoms with Gasteiger partial charge in [-0.25, -0.2) is 0 Å². The molecule has 0 aromatic heterocycles. The summed E-state index contributed by atoms with van der Waals surface area (Å²) < 4.78 is 0. The lowest BCUT2D eigenvalue weighted by atomic mass is 10.0. The summed E-state index contributed by atoms with van der Waals surface area (Å²) in [7, 11) is 0. The Morgan fingerprint density at radius 2 is 2.00 bits per heavy atom. The minimum atomic E-state index is -0.145. The van der Waals surface area contributed by atoms with Gasteiger partial charge < -0.3 is 10.4 Å². The Kier molecular flexibility index (Phi) is 5.43. The Balaban J connectivity index is 2.64. The van der Waals surface area contributed by atoms with Crippen LogP contribution in [0.2, 0.25) is 0 Å². The lowest BCUT2D eigenvalue weighted by molar-refractivity contribution is 0.0945. The first-order valence-electron chi connectivity index (χ1n) is 5.77. The smallest absolute Gasteiger partial charge is 0.251 e. The minimum Gasteiger partial charge on any atom is -0.395 e. The maximum atomic E-state index is 11.6. The number of carbonyl (C=O) groups is 1. The van der Waals surface area contributed by atoms with Gasteiger partial charge >= 0.3 is 0 Å². The summed E-state index contributed by atoms with van der Waals surface area (Å²) in [5.74, 6) is -0.145. The number of carbonyl (C=O) groups excluding carboxylic acids is 1. The van der Waals surface area contributed by atoms with Crippen LogP contribution in [0, 0.1) is 0 Å². The summed E-state index contributed by atoms with van der Waals surface area (Å²) in [6.07, 6.45) is 3.00. The molecule has 0 aliphatic heterocycles. The Hall–Kier alpha value is -1.61. The molecule has 1 aromatic carbocycles. The van der Waals surface area contributed by atoms with E-state index in [1.807, 2.05) is 31.2 Å². The number of nitrogens with one attached hydrogen (secondary N) is 1. The Bertz CT molecular complexity index is 393. The zero-order valence-electron chi connectivity index (χ0n) is 10.4. The van der Waals surface area contributed by atoms with Crippen molar-refractivity contribution < 1.29 is 9.90 Å². The van der Waals surface area contributed by atoms with Crippen molar-refractivity contribution in [1.82, 2.24) is 5.32 Å². The molecule has 0 radical (unpaired) electrons. The van der Waals surface area contributed by atoms with Crippen molar-refractivity contribution in [3.05, 3.63) is 47.0 Å². The third-order valence-electron chi connectivity index (χ3n) is 2.59. The topological polar surface area (TPSA) is 49.3 Å². The molecular formula is C14H19NO2. The van der Waals surface area contributed by atoms with Gasteiger partial charge in [0.1, 0.15) is 0 Å². The molecule has 92 valence electrons. The van der Waals surface area contributed by atoms with E-state index in [0.29, 0.717) is 5.56 Å². The largest absolute Gasteiger partial charge is 0.395 e. The Labute approximate surface area is 102 Å². The number of rotatable bonds is 5. The lowest BCUT2D eigenvalue weighted by Gasteiger charge is -2.05. The molecule has 17 heavy (non-hydrogen) atoms. The maximum absolute atomic E-state index is 11.6. The molecule has 0 atom stereocenters. The summed E-state index contributed by atoms with van der Waals surface area (Å²) in [5.41, 5.74) is 3.13. The molecule has 0 unspecified atom stereocenters. The number of benzene rings is 1. The lowest BCUT2D eigenvalue weighted by Crippen LogP contribution is -2.26. The van der Waals surface area contributed by atoms with E-state index < -0.39 is 0 Å². The molecule has 0 saturated heterocycles. The molecule has 0 fully saturated rings. The normalized spacial score (nSPS) is 11.4. The average Bonchev–Trinajstić information content (AvgIpc) is 2.36. The van der Waals surface area contributed by atoms with Crippen LogP contribution in [0.4, 0.5) is 0 Å². The van der Waals surface area contributed by atoms with Crippen LogP contribution in [-0.4, -0.2) is 24.2 Å². The van der Waals surface area contributed by atoms with E-state index in [-0.39, 0.29) is 19.1 Å². The third kappa shape index (κ3) is 4.41. The van der Waals surface area contributed by atoms with Gasteiger partial charge in [0.25, 0.3) is 5.91 Å². The van der Waals surface area contributed by atoms with Crippen LogP contribution in [0.15, 0.2) is 35.9 Å². The molecule has 1 rings (SSSR count). The standard InChI is InChI=1S/C14H19NO2/c1-3-11(2)10-12-4-6-13(7-5-12)14(17)15-8-9-16/h3-7,16H,8-10H2,1-2H3,(H,15,17)/b11-3-. The fraction of sp³-hybridized carbons (Fsp3) is 0.357. The fourth-order valence-corrected chi connectivity index (χ4v) is 1.47. The zero-order chi connectivity index (χ0) is 12.7. The third-order valence-corrected chi connectivity index (χ3v) is 2.59. The van der Waals surface area contributed by atoms with Crippen molar-refractivity contribution in [2.45, 2.75) is 20.3 Å². The summed E-state index contributed by atoms with van der Waals surface area (Å²) in [6.45, 7) is 4.36. The predicted molar refractivity (Wildman–Crippen MR) is 69.0 cm³/mol. The molecule has 2 N–H and O–H groups in total. The minimum absolute atomic E-state index is 0.0374. The van der Waals surface area contributed by atoms with E-state index in [0.717, 1.165) is 6.42 Å². The molecular weight excluding hydrogens is 214 g/mol. The van der Waals surface area contributed by atoms with Crippen LogP contribution in [0.3, 0.4) is 0 Å². The van der Waals surface area contributed by atoms with E-state index in [4.69, 9.17) is 5.11 Å². The average molecular weight is 233 g/mol. The maximum Gasteiger partial charge on any atom is 0.251 e. The van der Waals surface area contributed by atoms with Gasteiger partial charge in [-0.2, -0.15) is 0 Å². The summed E-state index contributed by atoms with van der Waals surface area (Å²) in [5, 5.41) is 11.2. The number of aliphatic hydroxyl groups excluding tert-OH is 1. The molecule has 1 amide bonds. The number of amides is 1. The van der Waals surface area contributed by atoms with Crippen molar-refractivity contribution in [3.63, 3.8) is 0 Å². The molecule has 0 spiro atoms. The van der Waals surface area contributed by atoms with Crippen molar-refractivity contribution in [2.75, 3.05) is 13.2 Å². The van der Waals surface area contributed by atoms with Crippen molar-refractivity contribution in [3.8, 4) is 0 Å². The number of hydrogen-bond acceptors (Lipinski definition) is 2. The van der Waals surface area contributed by atoms with Crippen molar-refractivity contribution in [1.29, 1.82) is 0 Å². The van der Waals surface area contributed by atoms with Crippen molar-refractivity contribution in [2.24, 2.45) is 0 Å². The van der Waals surface area contributed by atoms with E-state index in [9.17, 15) is 4.79 Å². The van der Waals surface area contributed by atoms with Gasteiger partial charge in [-0.05, 0) is 38.0 Å². The fourth-order valence-electron chi connectivity index (χ4n) is 1.47. The number of aliphatic hydroxyl groups is 1. The summed E-state index contributed by atoms with van der Waals surface area (Å²) >= 11 is 0. The van der Waals surface area contributed by atoms with E-state index in [1.54, 1.807) is 0 Å². The number of hydrogen-bond donors (Lipinski definition) is 2. The molecule has 0 aliphatic rings. The van der Waals surface area contributed by atoms with Crippen LogP contribution in [0.5, 0.6) is 0 Å². The summed E-state index contributed by atoms with van der Waals surface area (Å²) in [4.78, 5) is 11.6. The monoisotopic (exact) mass is 233 g/mol. The molecule has 0 heterocycles. The van der Waals surface area contributed by atoms with Gasteiger partial charge in [0, 0.05) is 12.1 Å². The molecule has 0 aliphatic carbocycles. The highest BCUT2D eigenvalue weighted by molar-refractivity contribution is 5.94. The SMILES string of the molecule is C/C=C(/C)Cc1ccc(C(=O)NCCO)cc1.